The van der Waals surface area contributed by atoms with Crippen LogP contribution in [0.5, 0.6) is 0 Å². The predicted molar refractivity (Wildman–Crippen MR) is 136 cm³/mol. The number of unbranched alkanes of at least 4 members (excludes halogenated alkanes) is 1. The quantitative estimate of drug-likeness (QED) is 0.431. The minimum Gasteiger partial charge on any atom is -0.330 e. The SMILES string of the molecule is CCCCS(=O)(=O)N1CCC(N(Cc2ccccc2)C(=O)c2cc3ccc(Cl)cc3cn2)CC1. The van der Waals surface area contributed by atoms with Gasteiger partial charge in [-0.2, -0.15) is 0 Å². The molecule has 0 N–H and O–H groups in total. The minimum atomic E-state index is -3.25. The molecule has 34 heavy (non-hydrogen) atoms. The topological polar surface area (TPSA) is 70.6 Å². The van der Waals surface area contributed by atoms with Crippen molar-refractivity contribution in [3.8, 4) is 0 Å². The molecule has 4 rings (SSSR count). The largest absolute Gasteiger partial charge is 0.330 e. The minimum absolute atomic E-state index is 0.0620. The van der Waals surface area contributed by atoms with Gasteiger partial charge in [0, 0.05) is 42.3 Å². The van der Waals surface area contributed by atoms with Gasteiger partial charge >= 0.3 is 0 Å². The van der Waals surface area contributed by atoms with E-state index in [1.165, 1.54) is 0 Å². The summed E-state index contributed by atoms with van der Waals surface area (Å²) in [6.07, 6.45) is 4.40. The second-order valence-corrected chi connectivity index (χ2v) is 11.3. The zero-order chi connectivity index (χ0) is 24.1. The Kier molecular flexibility index (Phi) is 7.86. The molecule has 1 fully saturated rings. The number of hydrogen-bond donors (Lipinski definition) is 0. The van der Waals surface area contributed by atoms with E-state index in [2.05, 4.69) is 4.98 Å². The summed E-state index contributed by atoms with van der Waals surface area (Å²) in [6, 6.07) is 17.1. The summed E-state index contributed by atoms with van der Waals surface area (Å²) in [5.74, 6) is 0.0410. The second kappa shape index (κ2) is 10.8. The van der Waals surface area contributed by atoms with E-state index in [0.717, 1.165) is 22.8 Å². The molecular formula is C26H30ClN3O3S. The highest BCUT2D eigenvalue weighted by atomic mass is 35.5. The van der Waals surface area contributed by atoms with Crippen LogP contribution < -0.4 is 0 Å². The summed E-state index contributed by atoms with van der Waals surface area (Å²) in [5, 5.41) is 2.41. The molecule has 0 saturated carbocycles. The van der Waals surface area contributed by atoms with E-state index in [4.69, 9.17) is 11.6 Å². The van der Waals surface area contributed by atoms with E-state index in [0.29, 0.717) is 49.6 Å². The number of hydrogen-bond acceptors (Lipinski definition) is 4. The van der Waals surface area contributed by atoms with E-state index in [1.54, 1.807) is 22.6 Å². The molecule has 0 bridgehead atoms. The van der Waals surface area contributed by atoms with E-state index in [1.807, 2.05) is 54.3 Å². The first kappa shape index (κ1) is 24.6. The number of carbonyl (C=O) groups excluding carboxylic acids is 1. The third-order valence-corrected chi connectivity index (χ3v) is 8.56. The normalized spacial score (nSPS) is 15.5. The molecule has 0 unspecified atom stereocenters. The van der Waals surface area contributed by atoms with Crippen LogP contribution in [-0.2, 0) is 16.6 Å². The Labute approximate surface area is 206 Å². The Morgan fingerprint density at radius 2 is 1.82 bits per heavy atom. The summed E-state index contributed by atoms with van der Waals surface area (Å²) >= 11 is 6.09. The van der Waals surface area contributed by atoms with E-state index >= 15 is 0 Å². The molecule has 2 heterocycles. The van der Waals surface area contributed by atoms with Crippen LogP contribution in [0.4, 0.5) is 0 Å². The van der Waals surface area contributed by atoms with Gasteiger partial charge in [-0.1, -0.05) is 61.3 Å². The summed E-state index contributed by atoms with van der Waals surface area (Å²) < 4.78 is 26.9. The Morgan fingerprint density at radius 3 is 2.53 bits per heavy atom. The van der Waals surface area contributed by atoms with E-state index in [-0.39, 0.29) is 17.7 Å². The highest BCUT2D eigenvalue weighted by Crippen LogP contribution is 2.25. The van der Waals surface area contributed by atoms with Crippen molar-refractivity contribution in [1.29, 1.82) is 0 Å². The fourth-order valence-electron chi connectivity index (χ4n) is 4.41. The first-order valence-corrected chi connectivity index (χ1v) is 13.7. The zero-order valence-electron chi connectivity index (χ0n) is 19.4. The number of aromatic nitrogens is 1. The molecule has 1 aliphatic rings. The first-order valence-electron chi connectivity index (χ1n) is 11.8. The van der Waals surface area contributed by atoms with Gasteiger partial charge in [-0.3, -0.25) is 9.78 Å². The number of fused-ring (bicyclic) bond motifs is 1. The van der Waals surface area contributed by atoms with Gasteiger partial charge in [0.2, 0.25) is 10.0 Å². The number of benzene rings is 2. The molecule has 1 saturated heterocycles. The van der Waals surface area contributed by atoms with E-state index < -0.39 is 10.0 Å². The van der Waals surface area contributed by atoms with Crippen LogP contribution in [0, 0.1) is 0 Å². The van der Waals surface area contributed by atoms with Gasteiger partial charge in [0.1, 0.15) is 5.69 Å². The summed E-state index contributed by atoms with van der Waals surface area (Å²) in [6.45, 7) is 3.30. The lowest BCUT2D eigenvalue weighted by molar-refractivity contribution is 0.0590. The van der Waals surface area contributed by atoms with Crippen molar-refractivity contribution >= 4 is 38.3 Å². The molecule has 0 aliphatic carbocycles. The predicted octanol–water partition coefficient (Wildman–Crippen LogP) is 5.12. The number of halogens is 1. The number of rotatable bonds is 8. The smallest absolute Gasteiger partial charge is 0.273 e. The standard InChI is InChI=1S/C26H30ClN3O3S/c1-2-3-15-34(32,33)29-13-11-24(12-14-29)30(19-20-7-5-4-6-8-20)26(31)25-17-21-9-10-23(27)16-22(21)18-28-25/h4-10,16-18,24H,2-3,11-15,19H2,1H3. The fraction of sp³-hybridized carbons (Fsp3) is 0.385. The Balaban J connectivity index is 1.56. The lowest BCUT2D eigenvalue weighted by atomic mass is 10.0. The van der Waals surface area contributed by atoms with Crippen LogP contribution in [0.15, 0.2) is 60.8 Å². The van der Waals surface area contributed by atoms with Gasteiger partial charge in [0.05, 0.1) is 5.75 Å². The number of carbonyl (C=O) groups is 1. The van der Waals surface area contributed by atoms with Gasteiger partial charge in [-0.05, 0) is 48.4 Å². The molecule has 6 nitrogen and oxygen atoms in total. The maximum absolute atomic E-state index is 13.7. The van der Waals surface area contributed by atoms with Crippen LogP contribution in [-0.4, -0.2) is 53.4 Å². The lowest BCUT2D eigenvalue weighted by Gasteiger charge is -2.38. The van der Waals surface area contributed by atoms with Crippen molar-refractivity contribution in [2.24, 2.45) is 0 Å². The second-order valence-electron chi connectivity index (χ2n) is 8.78. The first-order chi connectivity index (χ1) is 16.4. The van der Waals surface area contributed by atoms with Crippen LogP contribution >= 0.6 is 11.6 Å². The number of pyridine rings is 1. The lowest BCUT2D eigenvalue weighted by Crippen LogP contribution is -2.49. The zero-order valence-corrected chi connectivity index (χ0v) is 20.9. The molecule has 3 aromatic rings. The van der Waals surface area contributed by atoms with E-state index in [9.17, 15) is 13.2 Å². The van der Waals surface area contributed by atoms with Crippen molar-refractivity contribution in [3.05, 3.63) is 77.1 Å². The third kappa shape index (κ3) is 5.77. The van der Waals surface area contributed by atoms with Gasteiger partial charge in [0.25, 0.3) is 5.91 Å². The highest BCUT2D eigenvalue weighted by Gasteiger charge is 2.33. The van der Waals surface area contributed by atoms with Crippen molar-refractivity contribution in [3.63, 3.8) is 0 Å². The molecular weight excluding hydrogens is 470 g/mol. The maximum Gasteiger partial charge on any atom is 0.273 e. The third-order valence-electron chi connectivity index (χ3n) is 6.37. The molecule has 180 valence electrons. The van der Waals surface area contributed by atoms with Crippen LogP contribution in [0.25, 0.3) is 10.8 Å². The number of amides is 1. The van der Waals surface area contributed by atoms with Gasteiger partial charge < -0.3 is 4.90 Å². The van der Waals surface area contributed by atoms with Gasteiger partial charge in [0.15, 0.2) is 0 Å². The van der Waals surface area contributed by atoms with Crippen molar-refractivity contribution in [1.82, 2.24) is 14.2 Å². The molecule has 0 atom stereocenters. The highest BCUT2D eigenvalue weighted by molar-refractivity contribution is 7.89. The number of sulfonamides is 1. The van der Waals surface area contributed by atoms with Crippen LogP contribution in [0.1, 0.15) is 48.7 Å². The van der Waals surface area contributed by atoms with Crippen LogP contribution in [0.2, 0.25) is 5.02 Å². The fourth-order valence-corrected chi connectivity index (χ4v) is 6.27. The molecule has 0 radical (unpaired) electrons. The van der Waals surface area contributed by atoms with Crippen molar-refractivity contribution in [2.75, 3.05) is 18.8 Å². The summed E-state index contributed by atoms with van der Waals surface area (Å²) in [5.41, 5.74) is 1.41. The average Bonchev–Trinajstić information content (AvgIpc) is 2.86. The molecule has 2 aromatic carbocycles. The summed E-state index contributed by atoms with van der Waals surface area (Å²) in [7, 11) is -3.25. The van der Waals surface area contributed by atoms with Crippen molar-refractivity contribution < 1.29 is 13.2 Å². The molecule has 8 heteroatoms. The maximum atomic E-state index is 13.7. The number of piperidine rings is 1. The monoisotopic (exact) mass is 499 g/mol. The average molecular weight is 500 g/mol. The molecule has 1 amide bonds. The molecule has 1 aromatic heterocycles. The summed E-state index contributed by atoms with van der Waals surface area (Å²) in [4.78, 5) is 20.0. The Hall–Kier alpha value is -2.48. The number of nitrogens with zero attached hydrogens (tertiary/aromatic N) is 3. The van der Waals surface area contributed by atoms with Gasteiger partial charge in [-0.25, -0.2) is 12.7 Å². The Bertz CT molecular complexity index is 1240. The van der Waals surface area contributed by atoms with Gasteiger partial charge in [-0.15, -0.1) is 0 Å². The van der Waals surface area contributed by atoms with Crippen molar-refractivity contribution in [2.45, 2.75) is 45.2 Å². The van der Waals surface area contributed by atoms with Crippen LogP contribution in [0.3, 0.4) is 0 Å². The molecule has 0 spiro atoms. The molecule has 1 aliphatic heterocycles. The Morgan fingerprint density at radius 1 is 1.09 bits per heavy atom.